The normalized spacial score (nSPS) is 10.8. The summed E-state index contributed by atoms with van der Waals surface area (Å²) < 4.78 is 10.6. The monoisotopic (exact) mass is 384 g/mol. The number of aryl methyl sites for hydroxylation is 1. The van der Waals surface area contributed by atoms with Crippen molar-refractivity contribution in [2.45, 2.75) is 39.8 Å². The van der Waals surface area contributed by atoms with Crippen LogP contribution in [-0.2, 0) is 24.3 Å². The Labute approximate surface area is 168 Å². The molecular formula is C23H32N2O3. The van der Waals surface area contributed by atoms with Crippen molar-refractivity contribution < 1.29 is 14.3 Å². The van der Waals surface area contributed by atoms with E-state index in [0.29, 0.717) is 30.9 Å². The maximum atomic E-state index is 12.2. The molecule has 0 aliphatic rings. The molecule has 0 saturated carbocycles. The van der Waals surface area contributed by atoms with E-state index in [4.69, 9.17) is 9.47 Å². The Bertz CT molecular complexity index is 757. The molecule has 0 atom stereocenters. The van der Waals surface area contributed by atoms with Crippen LogP contribution in [0.3, 0.4) is 0 Å². The smallest absolute Gasteiger partial charge is 0.220 e. The van der Waals surface area contributed by atoms with Crippen molar-refractivity contribution in [2.24, 2.45) is 0 Å². The van der Waals surface area contributed by atoms with Gasteiger partial charge in [-0.1, -0.05) is 44.2 Å². The van der Waals surface area contributed by atoms with Gasteiger partial charge in [0, 0.05) is 19.5 Å². The van der Waals surface area contributed by atoms with Gasteiger partial charge < -0.3 is 14.8 Å². The molecule has 2 aromatic carbocycles. The molecule has 28 heavy (non-hydrogen) atoms. The molecule has 0 saturated heterocycles. The van der Waals surface area contributed by atoms with Crippen molar-refractivity contribution in [1.82, 2.24) is 10.2 Å². The number of benzene rings is 2. The molecule has 0 radical (unpaired) electrons. The second-order valence-corrected chi connectivity index (χ2v) is 6.75. The molecular weight excluding hydrogens is 352 g/mol. The molecule has 0 aliphatic heterocycles. The third kappa shape index (κ3) is 6.57. The summed E-state index contributed by atoms with van der Waals surface area (Å²) in [7, 11) is 3.23. The first-order chi connectivity index (χ1) is 13.6. The first-order valence-electron chi connectivity index (χ1n) is 9.87. The van der Waals surface area contributed by atoms with Crippen LogP contribution in [0.4, 0.5) is 0 Å². The highest BCUT2D eigenvalue weighted by molar-refractivity contribution is 5.76. The second kappa shape index (κ2) is 11.3. The Hall–Kier alpha value is -2.53. The number of hydrogen-bond donors (Lipinski definition) is 1. The van der Waals surface area contributed by atoms with E-state index in [-0.39, 0.29) is 5.91 Å². The first kappa shape index (κ1) is 21.8. The lowest BCUT2D eigenvalue weighted by Crippen LogP contribution is -2.24. The zero-order valence-electron chi connectivity index (χ0n) is 17.5. The van der Waals surface area contributed by atoms with Gasteiger partial charge in [0.25, 0.3) is 0 Å². The standard InChI is InChI=1S/C23H32N2O3/c1-5-25(6-2)17-20-9-7-8-19(14-20)16-24-23(26)13-11-18-10-12-21(27-3)22(15-18)28-4/h7-10,12,14-15H,5-6,11,13,16-17H2,1-4H3,(H,24,26). The summed E-state index contributed by atoms with van der Waals surface area (Å²) in [6.45, 7) is 7.91. The van der Waals surface area contributed by atoms with Gasteiger partial charge in [0.1, 0.15) is 0 Å². The Balaban J connectivity index is 1.84. The van der Waals surface area contributed by atoms with Gasteiger partial charge in [0.15, 0.2) is 11.5 Å². The maximum absolute atomic E-state index is 12.2. The van der Waals surface area contributed by atoms with E-state index in [1.807, 2.05) is 18.2 Å². The Morgan fingerprint density at radius 2 is 1.64 bits per heavy atom. The van der Waals surface area contributed by atoms with Crippen molar-refractivity contribution in [1.29, 1.82) is 0 Å². The fraction of sp³-hybridized carbons (Fsp3) is 0.435. The van der Waals surface area contributed by atoms with Crippen LogP contribution in [-0.4, -0.2) is 38.1 Å². The summed E-state index contributed by atoms with van der Waals surface area (Å²) in [6, 6.07) is 14.2. The summed E-state index contributed by atoms with van der Waals surface area (Å²) in [5, 5.41) is 3.02. The zero-order valence-corrected chi connectivity index (χ0v) is 17.5. The minimum atomic E-state index is 0.0453. The number of ether oxygens (including phenoxy) is 2. The average Bonchev–Trinajstić information content (AvgIpc) is 2.74. The predicted molar refractivity (Wildman–Crippen MR) is 113 cm³/mol. The quantitative estimate of drug-likeness (QED) is 0.640. The fourth-order valence-corrected chi connectivity index (χ4v) is 3.13. The van der Waals surface area contributed by atoms with Crippen molar-refractivity contribution in [2.75, 3.05) is 27.3 Å². The van der Waals surface area contributed by atoms with Crippen LogP contribution in [0.25, 0.3) is 0 Å². The van der Waals surface area contributed by atoms with Crippen LogP contribution in [0.15, 0.2) is 42.5 Å². The van der Waals surface area contributed by atoms with Crippen molar-refractivity contribution in [3.05, 3.63) is 59.2 Å². The second-order valence-electron chi connectivity index (χ2n) is 6.75. The molecule has 2 aromatic rings. The molecule has 0 unspecified atom stereocenters. The molecule has 0 aromatic heterocycles. The lowest BCUT2D eigenvalue weighted by Gasteiger charge is -2.18. The molecule has 2 rings (SSSR count). The summed E-state index contributed by atoms with van der Waals surface area (Å²) >= 11 is 0. The zero-order chi connectivity index (χ0) is 20.4. The van der Waals surface area contributed by atoms with Gasteiger partial charge in [0.2, 0.25) is 5.91 Å². The number of methoxy groups -OCH3 is 2. The van der Waals surface area contributed by atoms with Crippen LogP contribution in [0.2, 0.25) is 0 Å². The first-order valence-corrected chi connectivity index (χ1v) is 9.87. The number of nitrogens with one attached hydrogen (secondary N) is 1. The van der Waals surface area contributed by atoms with Crippen molar-refractivity contribution in [3.8, 4) is 11.5 Å². The van der Waals surface area contributed by atoms with Gasteiger partial charge in [-0.05, 0) is 48.3 Å². The molecule has 5 heteroatoms. The number of carbonyl (C=O) groups is 1. The third-order valence-electron chi connectivity index (χ3n) is 4.87. The van der Waals surface area contributed by atoms with E-state index >= 15 is 0 Å². The Morgan fingerprint density at radius 1 is 0.929 bits per heavy atom. The van der Waals surface area contributed by atoms with Crippen LogP contribution in [0, 0.1) is 0 Å². The van der Waals surface area contributed by atoms with Gasteiger partial charge in [-0.3, -0.25) is 9.69 Å². The molecule has 1 N–H and O–H groups in total. The van der Waals surface area contributed by atoms with Gasteiger partial charge in [-0.25, -0.2) is 0 Å². The van der Waals surface area contributed by atoms with Gasteiger partial charge in [-0.15, -0.1) is 0 Å². The van der Waals surface area contributed by atoms with Crippen LogP contribution < -0.4 is 14.8 Å². The van der Waals surface area contributed by atoms with E-state index in [1.165, 1.54) is 5.56 Å². The highest BCUT2D eigenvalue weighted by Gasteiger charge is 2.08. The maximum Gasteiger partial charge on any atom is 0.220 e. The Morgan fingerprint density at radius 3 is 2.32 bits per heavy atom. The lowest BCUT2D eigenvalue weighted by atomic mass is 10.1. The van der Waals surface area contributed by atoms with Crippen LogP contribution in [0.5, 0.6) is 11.5 Å². The van der Waals surface area contributed by atoms with E-state index in [1.54, 1.807) is 14.2 Å². The number of nitrogens with zero attached hydrogens (tertiary/aromatic N) is 1. The molecule has 0 fully saturated rings. The highest BCUT2D eigenvalue weighted by atomic mass is 16.5. The van der Waals surface area contributed by atoms with Gasteiger partial charge >= 0.3 is 0 Å². The SMILES string of the molecule is CCN(CC)Cc1cccc(CNC(=O)CCc2ccc(OC)c(OC)c2)c1. The summed E-state index contributed by atoms with van der Waals surface area (Å²) in [6.07, 6.45) is 1.10. The molecule has 0 spiro atoms. The summed E-state index contributed by atoms with van der Waals surface area (Å²) in [5.74, 6) is 1.43. The third-order valence-corrected chi connectivity index (χ3v) is 4.87. The molecule has 5 nitrogen and oxygen atoms in total. The van der Waals surface area contributed by atoms with E-state index in [9.17, 15) is 4.79 Å². The van der Waals surface area contributed by atoms with Gasteiger partial charge in [0.05, 0.1) is 14.2 Å². The number of carbonyl (C=O) groups excluding carboxylic acids is 1. The molecule has 1 amide bonds. The lowest BCUT2D eigenvalue weighted by molar-refractivity contribution is -0.121. The van der Waals surface area contributed by atoms with Crippen LogP contribution >= 0.6 is 0 Å². The average molecular weight is 385 g/mol. The van der Waals surface area contributed by atoms with E-state index in [0.717, 1.165) is 30.8 Å². The number of amides is 1. The van der Waals surface area contributed by atoms with Gasteiger partial charge in [-0.2, -0.15) is 0 Å². The predicted octanol–water partition coefficient (Wildman–Crippen LogP) is 3.79. The molecule has 0 heterocycles. The molecule has 0 bridgehead atoms. The largest absolute Gasteiger partial charge is 0.493 e. The molecule has 152 valence electrons. The number of hydrogen-bond acceptors (Lipinski definition) is 4. The van der Waals surface area contributed by atoms with Crippen molar-refractivity contribution in [3.63, 3.8) is 0 Å². The van der Waals surface area contributed by atoms with E-state index in [2.05, 4.69) is 48.3 Å². The highest BCUT2D eigenvalue weighted by Crippen LogP contribution is 2.27. The topological polar surface area (TPSA) is 50.8 Å². The summed E-state index contributed by atoms with van der Waals surface area (Å²) in [4.78, 5) is 14.6. The molecule has 0 aliphatic carbocycles. The van der Waals surface area contributed by atoms with E-state index < -0.39 is 0 Å². The van der Waals surface area contributed by atoms with Crippen molar-refractivity contribution >= 4 is 5.91 Å². The van der Waals surface area contributed by atoms with Crippen LogP contribution in [0.1, 0.15) is 37.0 Å². The fourth-order valence-electron chi connectivity index (χ4n) is 3.13. The summed E-state index contributed by atoms with van der Waals surface area (Å²) in [5.41, 5.74) is 3.46. The minimum absolute atomic E-state index is 0.0453. The minimum Gasteiger partial charge on any atom is -0.493 e. The number of rotatable bonds is 11. The Kier molecular flexibility index (Phi) is 8.82.